The van der Waals surface area contributed by atoms with E-state index in [1.807, 2.05) is 0 Å². The highest BCUT2D eigenvalue weighted by Crippen LogP contribution is 2.44. The van der Waals surface area contributed by atoms with Crippen molar-refractivity contribution in [2.75, 3.05) is 20.2 Å². The quantitative estimate of drug-likeness (QED) is 0.836. The fraction of sp³-hybridized carbons (Fsp3) is 0.650. The Hall–Kier alpha value is -1.60. The molecule has 0 unspecified atom stereocenters. The lowest BCUT2D eigenvalue weighted by molar-refractivity contribution is 0.0720. The second-order valence-corrected chi connectivity index (χ2v) is 9.83. The highest BCUT2D eigenvalue weighted by molar-refractivity contribution is 7.89. The summed E-state index contributed by atoms with van der Waals surface area (Å²) in [6.45, 7) is 1.42. The monoisotopic (exact) mass is 392 g/mol. The topological polar surface area (TPSA) is 75.7 Å². The number of amides is 1. The normalized spacial score (nSPS) is 27.7. The lowest BCUT2D eigenvalue weighted by Crippen LogP contribution is -2.38. The molecular formula is C20H28N2O4S. The Kier molecular flexibility index (Phi) is 5.16. The van der Waals surface area contributed by atoms with Crippen LogP contribution in [0.3, 0.4) is 0 Å². The summed E-state index contributed by atoms with van der Waals surface area (Å²) in [5, 5.41) is 0. The maximum Gasteiger partial charge on any atom is 0.257 e. The van der Waals surface area contributed by atoms with E-state index in [1.54, 1.807) is 11.0 Å². The van der Waals surface area contributed by atoms with Gasteiger partial charge in [-0.25, -0.2) is 13.1 Å². The zero-order valence-electron chi connectivity index (χ0n) is 15.8. The molecule has 1 N–H and O–H groups in total. The van der Waals surface area contributed by atoms with Crippen molar-refractivity contribution in [2.24, 2.45) is 11.8 Å². The van der Waals surface area contributed by atoms with Gasteiger partial charge in [-0.15, -0.1) is 0 Å². The molecule has 2 aliphatic carbocycles. The minimum absolute atomic E-state index is 0.0251. The van der Waals surface area contributed by atoms with Gasteiger partial charge in [0, 0.05) is 19.1 Å². The van der Waals surface area contributed by atoms with Crippen molar-refractivity contribution in [3.63, 3.8) is 0 Å². The lowest BCUT2D eigenvalue weighted by atomic mass is 9.96. The molecule has 0 aromatic heterocycles. The highest BCUT2D eigenvalue weighted by Gasteiger charge is 2.41. The number of benzene rings is 1. The van der Waals surface area contributed by atoms with E-state index in [0.717, 1.165) is 38.5 Å². The Bertz CT molecular complexity index is 817. The first-order valence-corrected chi connectivity index (χ1v) is 11.5. The van der Waals surface area contributed by atoms with E-state index in [4.69, 9.17) is 4.74 Å². The first-order valence-electron chi connectivity index (χ1n) is 9.97. The van der Waals surface area contributed by atoms with Crippen LogP contribution in [-0.2, 0) is 10.0 Å². The molecule has 1 aliphatic heterocycles. The fourth-order valence-electron chi connectivity index (χ4n) is 4.95. The summed E-state index contributed by atoms with van der Waals surface area (Å²) in [7, 11) is -2.15. The number of carbonyl (C=O) groups is 1. The van der Waals surface area contributed by atoms with Gasteiger partial charge in [0.1, 0.15) is 5.75 Å². The molecule has 2 bridgehead atoms. The zero-order valence-corrected chi connectivity index (χ0v) is 16.6. The standard InChI is InChI=1S/C20H28N2O4S/c1-26-19-8-7-16(13-17(19)20(23)22-9-3-2-4-10-22)27(24,25)21-18-12-14-5-6-15(18)11-14/h7-8,13-15,18,21H,2-6,9-12H2,1H3/t14-,15-,18+/m1/s1. The van der Waals surface area contributed by atoms with Crippen molar-refractivity contribution in [3.8, 4) is 5.75 Å². The number of piperidine rings is 1. The minimum atomic E-state index is -3.65. The van der Waals surface area contributed by atoms with E-state index in [1.165, 1.54) is 25.7 Å². The summed E-state index contributed by atoms with van der Waals surface area (Å²) < 4.78 is 34.1. The molecule has 2 saturated carbocycles. The Morgan fingerprint density at radius 3 is 2.56 bits per heavy atom. The third-order valence-corrected chi connectivity index (χ3v) is 7.89. The van der Waals surface area contributed by atoms with Gasteiger partial charge in [0.25, 0.3) is 5.91 Å². The Morgan fingerprint density at radius 2 is 1.93 bits per heavy atom. The van der Waals surface area contributed by atoms with Gasteiger partial charge in [-0.05, 0) is 68.6 Å². The van der Waals surface area contributed by atoms with Crippen LogP contribution in [-0.4, -0.2) is 45.5 Å². The number of hydrogen-bond donors (Lipinski definition) is 1. The van der Waals surface area contributed by atoms with Crippen molar-refractivity contribution >= 4 is 15.9 Å². The molecule has 1 aromatic carbocycles. The van der Waals surface area contributed by atoms with E-state index in [2.05, 4.69) is 4.72 Å². The second kappa shape index (κ2) is 7.43. The van der Waals surface area contributed by atoms with Gasteiger partial charge in [-0.2, -0.15) is 0 Å². The molecule has 3 fully saturated rings. The Labute approximate surface area is 161 Å². The SMILES string of the molecule is COc1ccc(S(=O)(=O)N[C@H]2C[C@@H]3CC[C@@H]2C3)cc1C(=O)N1CCCCC1. The van der Waals surface area contributed by atoms with Gasteiger partial charge in [-0.1, -0.05) is 6.42 Å². The number of rotatable bonds is 5. The Morgan fingerprint density at radius 1 is 1.15 bits per heavy atom. The van der Waals surface area contributed by atoms with E-state index in [9.17, 15) is 13.2 Å². The predicted octanol–water partition coefficient (Wildman–Crippen LogP) is 2.79. The second-order valence-electron chi connectivity index (χ2n) is 8.12. The third-order valence-electron chi connectivity index (χ3n) is 6.40. The van der Waals surface area contributed by atoms with Crippen LogP contribution in [0.15, 0.2) is 23.1 Å². The van der Waals surface area contributed by atoms with Crippen molar-refractivity contribution < 1.29 is 17.9 Å². The van der Waals surface area contributed by atoms with Crippen molar-refractivity contribution in [1.82, 2.24) is 9.62 Å². The maximum atomic E-state index is 12.9. The molecule has 1 amide bonds. The summed E-state index contributed by atoms with van der Waals surface area (Å²) in [6.07, 6.45) is 7.49. The van der Waals surface area contributed by atoms with Crippen LogP contribution in [0.2, 0.25) is 0 Å². The first kappa shape index (κ1) is 18.7. The Balaban J connectivity index is 1.58. The smallest absolute Gasteiger partial charge is 0.257 e. The number of carbonyl (C=O) groups excluding carboxylic acids is 1. The van der Waals surface area contributed by atoms with Gasteiger partial charge >= 0.3 is 0 Å². The number of fused-ring (bicyclic) bond motifs is 2. The van der Waals surface area contributed by atoms with E-state index < -0.39 is 10.0 Å². The molecule has 3 atom stereocenters. The molecular weight excluding hydrogens is 364 g/mol. The van der Waals surface area contributed by atoms with Crippen molar-refractivity contribution in [2.45, 2.75) is 55.9 Å². The molecule has 6 nitrogen and oxygen atoms in total. The van der Waals surface area contributed by atoms with Crippen LogP contribution in [0.5, 0.6) is 5.75 Å². The summed E-state index contributed by atoms with van der Waals surface area (Å²) in [6, 6.07) is 4.62. The van der Waals surface area contributed by atoms with Gasteiger partial charge < -0.3 is 9.64 Å². The molecule has 0 spiro atoms. The zero-order chi connectivity index (χ0) is 19.0. The maximum absolute atomic E-state index is 12.9. The lowest BCUT2D eigenvalue weighted by Gasteiger charge is -2.27. The molecule has 1 saturated heterocycles. The van der Waals surface area contributed by atoms with E-state index >= 15 is 0 Å². The highest BCUT2D eigenvalue weighted by atomic mass is 32.2. The summed E-state index contributed by atoms with van der Waals surface area (Å²) in [5.74, 6) is 1.39. The van der Waals surface area contributed by atoms with Gasteiger partial charge in [-0.3, -0.25) is 4.79 Å². The van der Waals surface area contributed by atoms with Crippen LogP contribution in [0, 0.1) is 11.8 Å². The predicted molar refractivity (Wildman–Crippen MR) is 102 cm³/mol. The molecule has 0 radical (unpaired) electrons. The third kappa shape index (κ3) is 3.72. The van der Waals surface area contributed by atoms with Crippen LogP contribution in [0.1, 0.15) is 55.3 Å². The number of likely N-dealkylation sites (tertiary alicyclic amines) is 1. The molecule has 1 heterocycles. The van der Waals surface area contributed by atoms with Crippen molar-refractivity contribution in [3.05, 3.63) is 23.8 Å². The molecule has 4 rings (SSSR count). The summed E-state index contributed by atoms with van der Waals surface area (Å²) >= 11 is 0. The van der Waals surface area contributed by atoms with Crippen LogP contribution >= 0.6 is 0 Å². The number of methoxy groups -OCH3 is 1. The van der Waals surface area contributed by atoms with Crippen molar-refractivity contribution in [1.29, 1.82) is 0 Å². The number of ether oxygens (including phenoxy) is 1. The first-order chi connectivity index (χ1) is 13.0. The molecule has 3 aliphatic rings. The van der Waals surface area contributed by atoms with Crippen LogP contribution in [0.25, 0.3) is 0 Å². The van der Waals surface area contributed by atoms with Gasteiger partial charge in [0.15, 0.2) is 0 Å². The number of sulfonamides is 1. The van der Waals surface area contributed by atoms with E-state index in [0.29, 0.717) is 36.2 Å². The minimum Gasteiger partial charge on any atom is -0.496 e. The average molecular weight is 393 g/mol. The van der Waals surface area contributed by atoms with E-state index in [-0.39, 0.29) is 16.8 Å². The average Bonchev–Trinajstić information content (AvgIpc) is 3.30. The van der Waals surface area contributed by atoms with Crippen LogP contribution < -0.4 is 9.46 Å². The summed E-state index contributed by atoms with van der Waals surface area (Å²) in [5.41, 5.74) is 0.329. The molecule has 1 aromatic rings. The molecule has 7 heteroatoms. The number of nitrogens with zero attached hydrogens (tertiary/aromatic N) is 1. The van der Waals surface area contributed by atoms with Gasteiger partial charge in [0.05, 0.1) is 17.6 Å². The molecule has 148 valence electrons. The van der Waals surface area contributed by atoms with Gasteiger partial charge in [0.2, 0.25) is 10.0 Å². The molecule has 27 heavy (non-hydrogen) atoms. The summed E-state index contributed by atoms with van der Waals surface area (Å²) in [4.78, 5) is 14.9. The largest absolute Gasteiger partial charge is 0.496 e. The fourth-order valence-corrected chi connectivity index (χ4v) is 6.29. The number of nitrogens with one attached hydrogen (secondary N) is 1. The van der Waals surface area contributed by atoms with Crippen LogP contribution in [0.4, 0.5) is 0 Å². The number of hydrogen-bond acceptors (Lipinski definition) is 4.